The minimum Gasteiger partial charge on any atom is -0.477 e. The Morgan fingerprint density at radius 3 is 2.56 bits per heavy atom. The quantitative estimate of drug-likeness (QED) is 0.905. The summed E-state index contributed by atoms with van der Waals surface area (Å²) in [7, 11) is -2.07. The second kappa shape index (κ2) is 6.50. The highest BCUT2D eigenvalue weighted by atomic mass is 32.2. The third-order valence-corrected chi connectivity index (χ3v) is 5.77. The van der Waals surface area contributed by atoms with Crippen molar-refractivity contribution in [3.8, 4) is 5.75 Å². The van der Waals surface area contributed by atoms with Crippen LogP contribution in [0.1, 0.15) is 11.1 Å². The van der Waals surface area contributed by atoms with Gasteiger partial charge in [0.15, 0.2) is 6.10 Å². The Kier molecular flexibility index (Phi) is 4.53. The van der Waals surface area contributed by atoms with Gasteiger partial charge in [-0.1, -0.05) is 18.2 Å². The molecule has 0 saturated heterocycles. The van der Waals surface area contributed by atoms with Crippen LogP contribution in [-0.4, -0.2) is 34.0 Å². The van der Waals surface area contributed by atoms with Crippen molar-refractivity contribution in [2.75, 3.05) is 18.5 Å². The van der Waals surface area contributed by atoms with E-state index in [-0.39, 0.29) is 17.3 Å². The number of fused-ring (bicyclic) bond motifs is 1. The van der Waals surface area contributed by atoms with Crippen LogP contribution in [0.2, 0.25) is 0 Å². The van der Waals surface area contributed by atoms with E-state index in [1.54, 1.807) is 43.4 Å². The van der Waals surface area contributed by atoms with Gasteiger partial charge < -0.3 is 9.64 Å². The first-order valence-corrected chi connectivity index (χ1v) is 9.38. The first-order valence-electron chi connectivity index (χ1n) is 7.90. The lowest BCUT2D eigenvalue weighted by atomic mass is 10.1. The number of nitrogens with zero attached hydrogens (tertiary/aromatic N) is 1. The van der Waals surface area contributed by atoms with E-state index < -0.39 is 16.1 Å². The number of carbonyl (C=O) groups is 1. The zero-order valence-electron chi connectivity index (χ0n) is 14.3. The van der Waals surface area contributed by atoms with Gasteiger partial charge in [0, 0.05) is 7.05 Å². The predicted octanol–water partition coefficient (Wildman–Crippen LogP) is 2.01. The van der Waals surface area contributed by atoms with Gasteiger partial charge in [0.05, 0.1) is 17.1 Å². The Bertz CT molecular complexity index is 924. The van der Waals surface area contributed by atoms with Gasteiger partial charge in [-0.15, -0.1) is 0 Å². The van der Waals surface area contributed by atoms with E-state index in [4.69, 9.17) is 4.74 Å². The molecule has 0 bridgehead atoms. The molecule has 0 radical (unpaired) electrons. The van der Waals surface area contributed by atoms with Gasteiger partial charge in [-0.2, -0.15) is 0 Å². The zero-order chi connectivity index (χ0) is 18.2. The molecular formula is C18H20N2O4S. The highest BCUT2D eigenvalue weighted by molar-refractivity contribution is 7.89. The monoisotopic (exact) mass is 360 g/mol. The molecule has 3 rings (SSSR count). The number of nitrogens with one attached hydrogen (secondary N) is 1. The minimum absolute atomic E-state index is 0.132. The highest BCUT2D eigenvalue weighted by Crippen LogP contribution is 2.32. The molecule has 2 aromatic rings. The number of para-hydroxylation sites is 2. The van der Waals surface area contributed by atoms with E-state index in [9.17, 15) is 13.2 Å². The van der Waals surface area contributed by atoms with Gasteiger partial charge in [-0.25, -0.2) is 13.1 Å². The molecule has 1 atom stereocenters. The molecule has 1 aliphatic heterocycles. The van der Waals surface area contributed by atoms with Crippen molar-refractivity contribution in [2.45, 2.75) is 24.8 Å². The summed E-state index contributed by atoms with van der Waals surface area (Å²) in [5, 5.41) is 0. The summed E-state index contributed by atoms with van der Waals surface area (Å²) in [5.41, 5.74) is 2.57. The van der Waals surface area contributed by atoms with Crippen LogP contribution in [0.25, 0.3) is 0 Å². The molecule has 2 aromatic carbocycles. The molecule has 1 amide bonds. The standard InChI is InChI=1S/C18H20N2O4S/c1-12-8-9-14(10-13(12)2)25(22,23)19-11-17-18(21)20(3)15-6-4-5-7-16(15)24-17/h4-10,17,19H,11H2,1-3H3. The fourth-order valence-corrected chi connectivity index (χ4v) is 3.77. The second-order valence-corrected chi connectivity index (χ2v) is 7.84. The summed E-state index contributed by atoms with van der Waals surface area (Å²) in [6.07, 6.45) is -0.902. The SMILES string of the molecule is Cc1ccc(S(=O)(=O)NCC2Oc3ccccc3N(C)C2=O)cc1C. The van der Waals surface area contributed by atoms with Crippen molar-refractivity contribution < 1.29 is 17.9 Å². The molecule has 0 spiro atoms. The topological polar surface area (TPSA) is 75.7 Å². The van der Waals surface area contributed by atoms with Crippen molar-refractivity contribution in [1.82, 2.24) is 4.72 Å². The van der Waals surface area contributed by atoms with E-state index in [2.05, 4.69) is 4.72 Å². The molecule has 25 heavy (non-hydrogen) atoms. The van der Waals surface area contributed by atoms with Gasteiger partial charge in [0.2, 0.25) is 10.0 Å². The largest absolute Gasteiger partial charge is 0.477 e. The van der Waals surface area contributed by atoms with Gasteiger partial charge in [0.25, 0.3) is 5.91 Å². The number of anilines is 1. The lowest BCUT2D eigenvalue weighted by Gasteiger charge is -2.31. The summed E-state index contributed by atoms with van der Waals surface area (Å²) < 4.78 is 33.1. The van der Waals surface area contributed by atoms with Crippen LogP contribution in [0.5, 0.6) is 5.75 Å². The van der Waals surface area contributed by atoms with E-state index in [0.717, 1.165) is 11.1 Å². The molecule has 0 saturated carbocycles. The van der Waals surface area contributed by atoms with Crippen LogP contribution in [0.15, 0.2) is 47.4 Å². The number of hydrogen-bond acceptors (Lipinski definition) is 4. The molecule has 7 heteroatoms. The van der Waals surface area contributed by atoms with Crippen LogP contribution in [0, 0.1) is 13.8 Å². The Morgan fingerprint density at radius 1 is 1.12 bits per heavy atom. The molecule has 132 valence electrons. The fourth-order valence-electron chi connectivity index (χ4n) is 2.65. The molecule has 1 unspecified atom stereocenters. The summed E-state index contributed by atoms with van der Waals surface area (Å²) in [4.78, 5) is 14.1. The van der Waals surface area contributed by atoms with Crippen LogP contribution >= 0.6 is 0 Å². The lowest BCUT2D eigenvalue weighted by molar-refractivity contribution is -0.125. The molecule has 1 aliphatic rings. The number of aryl methyl sites for hydroxylation is 2. The maximum atomic E-state index is 12.5. The number of likely N-dealkylation sites (N-methyl/N-ethyl adjacent to an activating group) is 1. The molecule has 6 nitrogen and oxygen atoms in total. The number of rotatable bonds is 4. The van der Waals surface area contributed by atoms with Gasteiger partial charge in [-0.05, 0) is 49.2 Å². The average Bonchev–Trinajstić information content (AvgIpc) is 2.59. The Hall–Kier alpha value is -2.38. The molecule has 0 fully saturated rings. The van der Waals surface area contributed by atoms with Crippen LogP contribution in [-0.2, 0) is 14.8 Å². The number of benzene rings is 2. The van der Waals surface area contributed by atoms with Gasteiger partial charge in [-0.3, -0.25) is 4.79 Å². The number of hydrogen-bond donors (Lipinski definition) is 1. The Labute approximate surface area is 147 Å². The smallest absolute Gasteiger partial charge is 0.269 e. The number of carbonyl (C=O) groups excluding carboxylic acids is 1. The van der Waals surface area contributed by atoms with Crippen molar-refractivity contribution in [1.29, 1.82) is 0 Å². The highest BCUT2D eigenvalue weighted by Gasteiger charge is 2.33. The maximum Gasteiger partial charge on any atom is 0.269 e. The summed E-state index contributed by atoms with van der Waals surface area (Å²) in [6.45, 7) is 3.64. The van der Waals surface area contributed by atoms with E-state index in [0.29, 0.717) is 11.4 Å². The first kappa shape index (κ1) is 17.4. The van der Waals surface area contributed by atoms with Crippen molar-refractivity contribution in [2.24, 2.45) is 0 Å². The molecular weight excluding hydrogens is 340 g/mol. The van der Waals surface area contributed by atoms with Crippen molar-refractivity contribution in [3.63, 3.8) is 0 Å². The maximum absolute atomic E-state index is 12.5. The molecule has 1 N–H and O–H groups in total. The summed E-state index contributed by atoms with van der Waals surface area (Å²) in [5.74, 6) is 0.265. The summed E-state index contributed by atoms with van der Waals surface area (Å²) in [6, 6.07) is 12.1. The van der Waals surface area contributed by atoms with Crippen LogP contribution in [0.4, 0.5) is 5.69 Å². The normalized spacial score (nSPS) is 17.2. The van der Waals surface area contributed by atoms with Gasteiger partial charge >= 0.3 is 0 Å². The number of ether oxygens (including phenoxy) is 1. The number of sulfonamides is 1. The average molecular weight is 360 g/mol. The first-order chi connectivity index (χ1) is 11.8. The number of amides is 1. The minimum atomic E-state index is -3.72. The third-order valence-electron chi connectivity index (χ3n) is 4.35. The molecule has 1 heterocycles. The van der Waals surface area contributed by atoms with Crippen LogP contribution < -0.4 is 14.4 Å². The van der Waals surface area contributed by atoms with Crippen LogP contribution in [0.3, 0.4) is 0 Å². The lowest BCUT2D eigenvalue weighted by Crippen LogP contribution is -2.49. The Morgan fingerprint density at radius 2 is 1.84 bits per heavy atom. The summed E-state index contributed by atoms with van der Waals surface area (Å²) >= 11 is 0. The zero-order valence-corrected chi connectivity index (χ0v) is 15.1. The predicted molar refractivity (Wildman–Crippen MR) is 95.4 cm³/mol. The van der Waals surface area contributed by atoms with E-state index in [1.165, 1.54) is 4.90 Å². The van der Waals surface area contributed by atoms with E-state index >= 15 is 0 Å². The third kappa shape index (κ3) is 3.38. The Balaban J connectivity index is 1.77. The molecule has 0 aliphatic carbocycles. The second-order valence-electron chi connectivity index (χ2n) is 6.07. The molecule has 0 aromatic heterocycles. The van der Waals surface area contributed by atoms with Gasteiger partial charge in [0.1, 0.15) is 5.75 Å². The fraction of sp³-hybridized carbons (Fsp3) is 0.278. The van der Waals surface area contributed by atoms with Crippen molar-refractivity contribution in [3.05, 3.63) is 53.6 Å². The van der Waals surface area contributed by atoms with Crippen molar-refractivity contribution >= 4 is 21.6 Å². The van der Waals surface area contributed by atoms with E-state index in [1.807, 2.05) is 19.9 Å².